The number of nitrogens with one attached hydrogen (secondary N) is 2. The van der Waals surface area contributed by atoms with Crippen LogP contribution in [0.15, 0.2) is 78.9 Å². The van der Waals surface area contributed by atoms with Crippen molar-refractivity contribution in [2.24, 2.45) is 0 Å². The van der Waals surface area contributed by atoms with Gasteiger partial charge in [-0.3, -0.25) is 14.4 Å². The van der Waals surface area contributed by atoms with E-state index in [4.69, 9.17) is 9.47 Å². The lowest BCUT2D eigenvalue weighted by atomic mass is 10.1. The van der Waals surface area contributed by atoms with Crippen LogP contribution in [0.4, 0.5) is 5.69 Å². The van der Waals surface area contributed by atoms with E-state index in [0.717, 1.165) is 0 Å². The number of carbonyl (C=O) groups is 3. The molecule has 0 unspecified atom stereocenters. The van der Waals surface area contributed by atoms with Gasteiger partial charge in [0.25, 0.3) is 11.8 Å². The third-order valence-corrected chi connectivity index (χ3v) is 4.49. The molecule has 0 aliphatic rings. The van der Waals surface area contributed by atoms with Crippen LogP contribution in [0.2, 0.25) is 0 Å². The van der Waals surface area contributed by atoms with Crippen LogP contribution in [0.1, 0.15) is 34.6 Å². The van der Waals surface area contributed by atoms with Crippen LogP contribution in [0.25, 0.3) is 0 Å². The number of hydrogen-bond donors (Lipinski definition) is 2. The molecule has 3 aromatic carbocycles. The Morgan fingerprint density at radius 3 is 2.36 bits per heavy atom. The van der Waals surface area contributed by atoms with Crippen molar-refractivity contribution in [1.29, 1.82) is 0 Å². The molecule has 3 rings (SSSR count). The zero-order valence-corrected chi connectivity index (χ0v) is 18.5. The van der Waals surface area contributed by atoms with Gasteiger partial charge in [0.05, 0.1) is 18.2 Å². The second-order valence-corrected chi connectivity index (χ2v) is 7.50. The van der Waals surface area contributed by atoms with Crippen molar-refractivity contribution in [2.45, 2.75) is 20.0 Å². The molecular formula is C26H26N2O5. The Kier molecular flexibility index (Phi) is 8.18. The first-order valence-electron chi connectivity index (χ1n) is 10.6. The molecule has 0 aromatic heterocycles. The maximum Gasteiger partial charge on any atom is 0.262 e. The van der Waals surface area contributed by atoms with E-state index in [9.17, 15) is 14.4 Å². The maximum absolute atomic E-state index is 12.6. The summed E-state index contributed by atoms with van der Waals surface area (Å²) in [4.78, 5) is 37.2. The van der Waals surface area contributed by atoms with Gasteiger partial charge in [-0.05, 0) is 38.1 Å². The highest BCUT2D eigenvalue weighted by Gasteiger charge is 2.15. The van der Waals surface area contributed by atoms with Gasteiger partial charge in [-0.25, -0.2) is 0 Å². The quantitative estimate of drug-likeness (QED) is 0.457. The summed E-state index contributed by atoms with van der Waals surface area (Å²) in [6.45, 7) is 3.41. The number of rotatable bonds is 10. The molecule has 0 fully saturated rings. The summed E-state index contributed by atoms with van der Waals surface area (Å²) in [6.07, 6.45) is 0.0184. The van der Waals surface area contributed by atoms with Crippen molar-refractivity contribution in [1.82, 2.24) is 5.32 Å². The van der Waals surface area contributed by atoms with E-state index < -0.39 is 5.91 Å². The van der Waals surface area contributed by atoms with Gasteiger partial charge in [0.15, 0.2) is 12.4 Å². The predicted octanol–water partition coefficient (Wildman–Crippen LogP) is 4.10. The average Bonchev–Trinajstić information content (AvgIpc) is 2.81. The van der Waals surface area contributed by atoms with Crippen LogP contribution < -0.4 is 20.1 Å². The molecule has 0 saturated carbocycles. The minimum Gasteiger partial charge on any atom is -0.491 e. The average molecular weight is 447 g/mol. The normalized spacial score (nSPS) is 10.4. The molecule has 3 aromatic rings. The van der Waals surface area contributed by atoms with Gasteiger partial charge >= 0.3 is 0 Å². The Balaban J connectivity index is 1.56. The molecule has 0 saturated heterocycles. The molecule has 0 aliphatic carbocycles. The summed E-state index contributed by atoms with van der Waals surface area (Å²) in [5.74, 6) is -0.157. The van der Waals surface area contributed by atoms with Gasteiger partial charge in [0, 0.05) is 17.3 Å². The zero-order chi connectivity index (χ0) is 23.6. The molecule has 0 atom stereocenters. The molecule has 2 N–H and O–H groups in total. The Bertz CT molecular complexity index is 1110. The van der Waals surface area contributed by atoms with E-state index in [1.54, 1.807) is 66.7 Å². The molecule has 0 heterocycles. The molecular weight excluding hydrogens is 420 g/mol. The van der Waals surface area contributed by atoms with E-state index in [2.05, 4.69) is 10.6 Å². The van der Waals surface area contributed by atoms with Crippen molar-refractivity contribution in [3.8, 4) is 11.5 Å². The highest BCUT2D eigenvalue weighted by atomic mass is 16.5. The molecule has 7 heteroatoms. The van der Waals surface area contributed by atoms with Crippen molar-refractivity contribution in [3.63, 3.8) is 0 Å². The van der Waals surface area contributed by atoms with Crippen LogP contribution in [0, 0.1) is 0 Å². The number of Topliss-reactive ketones (excluding diaryl/α,β-unsaturated/α-hetero) is 1. The van der Waals surface area contributed by atoms with Crippen LogP contribution in [0.5, 0.6) is 11.5 Å². The van der Waals surface area contributed by atoms with Crippen LogP contribution in [0.3, 0.4) is 0 Å². The smallest absolute Gasteiger partial charge is 0.262 e. The Morgan fingerprint density at radius 2 is 1.61 bits per heavy atom. The summed E-state index contributed by atoms with van der Waals surface area (Å²) in [5, 5.41) is 5.35. The van der Waals surface area contributed by atoms with E-state index in [1.165, 1.54) is 0 Å². The number of anilines is 1. The van der Waals surface area contributed by atoms with E-state index in [-0.39, 0.29) is 42.3 Å². The van der Waals surface area contributed by atoms with Crippen molar-refractivity contribution < 1.29 is 23.9 Å². The number of carbonyl (C=O) groups excluding carboxylic acids is 3. The molecule has 0 bridgehead atoms. The van der Waals surface area contributed by atoms with E-state index >= 15 is 0 Å². The van der Waals surface area contributed by atoms with Crippen LogP contribution >= 0.6 is 0 Å². The first-order valence-corrected chi connectivity index (χ1v) is 10.6. The fourth-order valence-corrected chi connectivity index (χ4v) is 3.02. The number of benzene rings is 3. The number of amides is 2. The third kappa shape index (κ3) is 7.21. The Morgan fingerprint density at radius 1 is 0.879 bits per heavy atom. The second kappa shape index (κ2) is 11.5. The summed E-state index contributed by atoms with van der Waals surface area (Å²) in [6, 6.07) is 22.3. The van der Waals surface area contributed by atoms with Crippen molar-refractivity contribution in [3.05, 3.63) is 90.0 Å². The SMILES string of the molecule is CC(C)Oc1cccc(NC(=O)COc2ccccc2C(=O)NCC(=O)c2ccccc2)c1. The minimum atomic E-state index is -0.464. The maximum atomic E-state index is 12.6. The molecule has 0 spiro atoms. The van der Waals surface area contributed by atoms with Crippen molar-refractivity contribution in [2.75, 3.05) is 18.5 Å². The first-order chi connectivity index (χ1) is 15.9. The van der Waals surface area contributed by atoms with Gasteiger partial charge in [0.2, 0.25) is 0 Å². The number of para-hydroxylation sites is 1. The largest absolute Gasteiger partial charge is 0.491 e. The predicted molar refractivity (Wildman–Crippen MR) is 126 cm³/mol. The Hall–Kier alpha value is -4.13. The van der Waals surface area contributed by atoms with E-state index in [0.29, 0.717) is 17.0 Å². The molecule has 7 nitrogen and oxygen atoms in total. The van der Waals surface area contributed by atoms with Gasteiger partial charge in [-0.2, -0.15) is 0 Å². The van der Waals surface area contributed by atoms with Gasteiger partial charge in [0.1, 0.15) is 11.5 Å². The summed E-state index contributed by atoms with van der Waals surface area (Å²) in [5.41, 5.74) is 1.33. The number of ether oxygens (including phenoxy) is 2. The van der Waals surface area contributed by atoms with Crippen molar-refractivity contribution >= 4 is 23.3 Å². The number of ketones is 1. The fourth-order valence-electron chi connectivity index (χ4n) is 3.02. The lowest BCUT2D eigenvalue weighted by molar-refractivity contribution is -0.118. The zero-order valence-electron chi connectivity index (χ0n) is 18.5. The second-order valence-electron chi connectivity index (χ2n) is 7.50. The molecule has 33 heavy (non-hydrogen) atoms. The number of hydrogen-bond acceptors (Lipinski definition) is 5. The molecule has 170 valence electrons. The lowest BCUT2D eigenvalue weighted by Gasteiger charge is -2.13. The summed E-state index contributed by atoms with van der Waals surface area (Å²) < 4.78 is 11.2. The van der Waals surface area contributed by atoms with Gasteiger partial charge in [-0.15, -0.1) is 0 Å². The van der Waals surface area contributed by atoms with Crippen LogP contribution in [-0.2, 0) is 4.79 Å². The third-order valence-electron chi connectivity index (χ3n) is 4.49. The highest BCUT2D eigenvalue weighted by molar-refractivity contribution is 6.03. The standard InChI is InChI=1S/C26H26N2O5/c1-18(2)33-21-12-8-11-20(15-21)28-25(30)17-32-24-14-7-6-13-22(24)26(31)27-16-23(29)19-9-4-3-5-10-19/h3-15,18H,16-17H2,1-2H3,(H,27,31)(H,28,30). The first kappa shape index (κ1) is 23.5. The Labute approximate surface area is 192 Å². The van der Waals surface area contributed by atoms with Gasteiger partial charge < -0.3 is 20.1 Å². The van der Waals surface area contributed by atoms with Crippen LogP contribution in [-0.4, -0.2) is 36.9 Å². The highest BCUT2D eigenvalue weighted by Crippen LogP contribution is 2.20. The summed E-state index contributed by atoms with van der Waals surface area (Å²) in [7, 11) is 0. The fraction of sp³-hybridized carbons (Fsp3) is 0.192. The molecule has 0 aliphatic heterocycles. The topological polar surface area (TPSA) is 93.7 Å². The monoisotopic (exact) mass is 446 g/mol. The molecule has 0 radical (unpaired) electrons. The molecule has 2 amide bonds. The van der Waals surface area contributed by atoms with E-state index in [1.807, 2.05) is 26.0 Å². The van der Waals surface area contributed by atoms with Gasteiger partial charge in [-0.1, -0.05) is 48.5 Å². The minimum absolute atomic E-state index is 0.0184. The summed E-state index contributed by atoms with van der Waals surface area (Å²) >= 11 is 0. The lowest BCUT2D eigenvalue weighted by Crippen LogP contribution is -2.30.